The van der Waals surface area contributed by atoms with Gasteiger partial charge in [-0.15, -0.1) is 0 Å². The summed E-state index contributed by atoms with van der Waals surface area (Å²) >= 11 is 6.46. The number of nitrogen functional groups attached to an aromatic ring is 1. The van der Waals surface area contributed by atoms with Crippen molar-refractivity contribution >= 4 is 55.1 Å². The normalized spacial score (nSPS) is 10.2. The van der Waals surface area contributed by atoms with Crippen LogP contribution in [-0.2, 0) is 0 Å². The van der Waals surface area contributed by atoms with Gasteiger partial charge in [-0.25, -0.2) is 4.79 Å². The molecule has 0 fully saturated rings. The molecule has 2 rings (SSSR count). The maximum atomic E-state index is 12.2. The summed E-state index contributed by atoms with van der Waals surface area (Å²) in [6, 6.07) is 9.62. The highest BCUT2D eigenvalue weighted by Gasteiger charge is 2.18. The average Bonchev–Trinajstić information content (AvgIpc) is 2.41. The number of carboxylic acid groups (broad SMARTS) is 1. The lowest BCUT2D eigenvalue weighted by atomic mass is 10.1. The molecule has 7 heteroatoms. The topological polar surface area (TPSA) is 92.4 Å². The number of halogens is 2. The first-order valence-electron chi connectivity index (χ1n) is 5.78. The van der Waals surface area contributed by atoms with Crippen molar-refractivity contribution in [1.82, 2.24) is 0 Å². The first-order chi connectivity index (χ1) is 9.90. The number of benzene rings is 2. The zero-order valence-electron chi connectivity index (χ0n) is 10.6. The van der Waals surface area contributed by atoms with Crippen molar-refractivity contribution in [3.8, 4) is 0 Å². The Labute approximate surface area is 137 Å². The van der Waals surface area contributed by atoms with E-state index in [0.29, 0.717) is 14.6 Å². The van der Waals surface area contributed by atoms with Crippen LogP contribution in [0.5, 0.6) is 0 Å². The maximum absolute atomic E-state index is 12.2. The number of carbonyl (C=O) groups excluding carboxylic acids is 1. The number of rotatable bonds is 3. The van der Waals surface area contributed by atoms with E-state index in [0.717, 1.165) is 0 Å². The van der Waals surface area contributed by atoms with E-state index in [1.807, 2.05) is 0 Å². The van der Waals surface area contributed by atoms with E-state index in [-0.39, 0.29) is 16.8 Å². The van der Waals surface area contributed by atoms with Crippen LogP contribution in [0.25, 0.3) is 0 Å². The lowest BCUT2D eigenvalue weighted by Gasteiger charge is -2.12. The zero-order chi connectivity index (χ0) is 15.6. The predicted octanol–water partition coefficient (Wildman–Crippen LogP) is 3.74. The maximum Gasteiger partial charge on any atom is 0.337 e. The van der Waals surface area contributed by atoms with Crippen LogP contribution >= 0.6 is 31.9 Å². The molecule has 108 valence electrons. The van der Waals surface area contributed by atoms with Gasteiger partial charge in [-0.1, -0.05) is 28.1 Å². The first-order valence-corrected chi connectivity index (χ1v) is 7.37. The molecule has 4 N–H and O–H groups in total. The smallest absolute Gasteiger partial charge is 0.337 e. The Hall–Kier alpha value is -1.86. The quantitative estimate of drug-likeness (QED) is 0.668. The SMILES string of the molecule is Nc1ccccc1C(=O)Nc1c(Br)cc(Br)cc1C(=O)O. The van der Waals surface area contributed by atoms with Crippen molar-refractivity contribution in [3.63, 3.8) is 0 Å². The second-order valence-corrected chi connectivity index (χ2v) is 5.93. The van der Waals surface area contributed by atoms with Gasteiger partial charge in [0.2, 0.25) is 0 Å². The van der Waals surface area contributed by atoms with Gasteiger partial charge >= 0.3 is 5.97 Å². The molecule has 5 nitrogen and oxygen atoms in total. The number of aromatic carboxylic acids is 1. The summed E-state index contributed by atoms with van der Waals surface area (Å²) in [6.45, 7) is 0. The highest BCUT2D eigenvalue weighted by Crippen LogP contribution is 2.31. The van der Waals surface area contributed by atoms with Crippen molar-refractivity contribution in [2.24, 2.45) is 0 Å². The van der Waals surface area contributed by atoms with Crippen molar-refractivity contribution in [2.75, 3.05) is 11.1 Å². The lowest BCUT2D eigenvalue weighted by molar-refractivity contribution is 0.0698. The van der Waals surface area contributed by atoms with Crippen molar-refractivity contribution in [1.29, 1.82) is 0 Å². The number of anilines is 2. The monoisotopic (exact) mass is 412 g/mol. The molecular weight excluding hydrogens is 404 g/mol. The Bertz CT molecular complexity index is 732. The molecule has 0 unspecified atom stereocenters. The number of nitrogens with two attached hydrogens (primary N) is 1. The fourth-order valence-corrected chi connectivity index (χ4v) is 3.08. The van der Waals surface area contributed by atoms with Gasteiger partial charge in [0.1, 0.15) is 0 Å². The predicted molar refractivity (Wildman–Crippen MR) is 87.6 cm³/mol. The van der Waals surface area contributed by atoms with Gasteiger partial charge in [-0.2, -0.15) is 0 Å². The van der Waals surface area contributed by atoms with Crippen molar-refractivity contribution < 1.29 is 14.7 Å². The average molecular weight is 414 g/mol. The Kier molecular flexibility index (Phi) is 4.64. The summed E-state index contributed by atoms with van der Waals surface area (Å²) < 4.78 is 1.04. The Morgan fingerprint density at radius 3 is 2.38 bits per heavy atom. The van der Waals surface area contributed by atoms with E-state index in [9.17, 15) is 14.7 Å². The van der Waals surface area contributed by atoms with E-state index < -0.39 is 11.9 Å². The van der Waals surface area contributed by atoms with E-state index in [4.69, 9.17) is 5.73 Å². The number of hydrogen-bond donors (Lipinski definition) is 3. The Morgan fingerprint density at radius 2 is 1.76 bits per heavy atom. The summed E-state index contributed by atoms with van der Waals surface area (Å²) in [7, 11) is 0. The number of para-hydroxylation sites is 1. The van der Waals surface area contributed by atoms with Crippen LogP contribution in [0.15, 0.2) is 45.3 Å². The molecular formula is C14H10Br2N2O3. The van der Waals surface area contributed by atoms with E-state index in [2.05, 4.69) is 37.2 Å². The molecule has 0 saturated heterocycles. The van der Waals surface area contributed by atoms with Crippen LogP contribution in [0.1, 0.15) is 20.7 Å². The molecule has 0 radical (unpaired) electrons. The molecule has 0 heterocycles. The fraction of sp³-hybridized carbons (Fsp3) is 0. The van der Waals surface area contributed by atoms with Gasteiger partial charge in [0.05, 0.1) is 16.8 Å². The standard InChI is InChI=1S/C14H10Br2N2O3/c15-7-5-9(14(20)21)12(10(16)6-7)18-13(19)8-3-1-2-4-11(8)17/h1-6H,17H2,(H,18,19)(H,20,21). The van der Waals surface area contributed by atoms with Crippen LogP contribution in [0, 0.1) is 0 Å². The summed E-state index contributed by atoms with van der Waals surface area (Å²) in [6.07, 6.45) is 0. The van der Waals surface area contributed by atoms with Gasteiger partial charge in [-0.05, 0) is 40.2 Å². The van der Waals surface area contributed by atoms with Crippen LogP contribution in [-0.4, -0.2) is 17.0 Å². The number of carbonyl (C=O) groups is 2. The molecule has 0 bridgehead atoms. The second kappa shape index (κ2) is 6.28. The number of carboxylic acids is 1. The molecule has 0 saturated carbocycles. The highest BCUT2D eigenvalue weighted by molar-refractivity contribution is 9.11. The minimum absolute atomic E-state index is 0.0286. The molecule has 0 aliphatic rings. The Morgan fingerprint density at radius 1 is 1.10 bits per heavy atom. The van der Waals surface area contributed by atoms with Gasteiger partial charge in [0, 0.05) is 14.6 Å². The molecule has 0 atom stereocenters. The molecule has 0 aliphatic heterocycles. The fourth-order valence-electron chi connectivity index (χ4n) is 1.75. The number of hydrogen-bond acceptors (Lipinski definition) is 3. The largest absolute Gasteiger partial charge is 0.478 e. The molecule has 2 aromatic rings. The van der Waals surface area contributed by atoms with E-state index >= 15 is 0 Å². The lowest BCUT2D eigenvalue weighted by Crippen LogP contribution is -2.16. The molecule has 1 amide bonds. The van der Waals surface area contributed by atoms with Crippen molar-refractivity contribution in [2.45, 2.75) is 0 Å². The third-order valence-electron chi connectivity index (χ3n) is 2.73. The van der Waals surface area contributed by atoms with Gasteiger partial charge in [0.25, 0.3) is 5.91 Å². The third-order valence-corrected chi connectivity index (χ3v) is 3.81. The summed E-state index contributed by atoms with van der Waals surface area (Å²) in [5.74, 6) is -1.62. The number of nitrogens with one attached hydrogen (secondary N) is 1. The molecule has 0 aromatic heterocycles. The molecule has 2 aromatic carbocycles. The molecule has 21 heavy (non-hydrogen) atoms. The number of amides is 1. The second-order valence-electron chi connectivity index (χ2n) is 4.16. The summed E-state index contributed by atoms with van der Waals surface area (Å²) in [5.41, 5.74) is 6.49. The van der Waals surface area contributed by atoms with E-state index in [1.54, 1.807) is 30.3 Å². The molecule has 0 aliphatic carbocycles. The van der Waals surface area contributed by atoms with Gasteiger partial charge in [-0.3, -0.25) is 4.79 Å². The third kappa shape index (κ3) is 3.43. The summed E-state index contributed by atoms with van der Waals surface area (Å²) in [5, 5.41) is 11.8. The Balaban J connectivity index is 2.42. The molecule has 0 spiro atoms. The van der Waals surface area contributed by atoms with Crippen molar-refractivity contribution in [3.05, 3.63) is 56.5 Å². The van der Waals surface area contributed by atoms with E-state index in [1.165, 1.54) is 6.07 Å². The van der Waals surface area contributed by atoms with Crippen LogP contribution in [0.4, 0.5) is 11.4 Å². The zero-order valence-corrected chi connectivity index (χ0v) is 13.7. The van der Waals surface area contributed by atoms with Crippen LogP contribution < -0.4 is 11.1 Å². The van der Waals surface area contributed by atoms with Crippen LogP contribution in [0.2, 0.25) is 0 Å². The minimum Gasteiger partial charge on any atom is -0.478 e. The summed E-state index contributed by atoms with van der Waals surface area (Å²) in [4.78, 5) is 23.5. The van der Waals surface area contributed by atoms with Gasteiger partial charge in [0.15, 0.2) is 0 Å². The highest BCUT2D eigenvalue weighted by atomic mass is 79.9. The first kappa shape index (κ1) is 15.5. The van der Waals surface area contributed by atoms with Gasteiger partial charge < -0.3 is 16.2 Å². The minimum atomic E-state index is -1.15. The van der Waals surface area contributed by atoms with Crippen LogP contribution in [0.3, 0.4) is 0 Å².